The van der Waals surface area contributed by atoms with Crippen molar-refractivity contribution in [1.82, 2.24) is 19.9 Å². The molecule has 1 aliphatic carbocycles. The van der Waals surface area contributed by atoms with E-state index in [1.165, 1.54) is 0 Å². The van der Waals surface area contributed by atoms with E-state index in [4.69, 9.17) is 0 Å². The first-order chi connectivity index (χ1) is 6.66. The molecular formula is C9H16N4O. The second-order valence-electron chi connectivity index (χ2n) is 4.14. The molecule has 0 amide bonds. The average molecular weight is 196 g/mol. The van der Waals surface area contributed by atoms with Crippen LogP contribution in [-0.4, -0.2) is 45.2 Å². The molecule has 2 unspecified atom stereocenters. The number of hydrogen-bond donors (Lipinski definition) is 1. The standard InChI is InChI=1S/C9H16N4O/c1-12(2)5-7-6-13(11-10-7)8-3-4-9(8)14/h6,8-9,14H,3-5H2,1-2H3. The van der Waals surface area contributed by atoms with Crippen molar-refractivity contribution < 1.29 is 5.11 Å². The normalized spacial score (nSPS) is 26.6. The van der Waals surface area contributed by atoms with Crippen molar-refractivity contribution in [2.75, 3.05) is 14.1 Å². The monoisotopic (exact) mass is 196 g/mol. The van der Waals surface area contributed by atoms with E-state index in [-0.39, 0.29) is 12.1 Å². The van der Waals surface area contributed by atoms with Crippen LogP contribution in [0.25, 0.3) is 0 Å². The molecule has 2 atom stereocenters. The lowest BCUT2D eigenvalue weighted by molar-refractivity contribution is 0.0244. The molecular weight excluding hydrogens is 180 g/mol. The maximum atomic E-state index is 9.45. The Labute approximate surface area is 83.3 Å². The fraction of sp³-hybridized carbons (Fsp3) is 0.778. The van der Waals surface area contributed by atoms with Gasteiger partial charge in [-0.3, -0.25) is 0 Å². The highest BCUT2D eigenvalue weighted by atomic mass is 16.3. The molecule has 1 aromatic heterocycles. The first-order valence-corrected chi connectivity index (χ1v) is 4.90. The van der Waals surface area contributed by atoms with Gasteiger partial charge in [-0.05, 0) is 26.9 Å². The zero-order chi connectivity index (χ0) is 10.1. The van der Waals surface area contributed by atoms with E-state index in [1.54, 1.807) is 4.68 Å². The second kappa shape index (κ2) is 3.67. The molecule has 1 aliphatic rings. The van der Waals surface area contributed by atoms with Gasteiger partial charge in [0.1, 0.15) is 0 Å². The van der Waals surface area contributed by atoms with Gasteiger partial charge in [0.25, 0.3) is 0 Å². The summed E-state index contributed by atoms with van der Waals surface area (Å²) in [5.74, 6) is 0. The van der Waals surface area contributed by atoms with Crippen LogP contribution in [0.3, 0.4) is 0 Å². The van der Waals surface area contributed by atoms with Crippen LogP contribution in [0.5, 0.6) is 0 Å². The minimum absolute atomic E-state index is 0.151. The van der Waals surface area contributed by atoms with Crippen molar-refractivity contribution in [2.24, 2.45) is 0 Å². The molecule has 14 heavy (non-hydrogen) atoms. The molecule has 1 N–H and O–H groups in total. The first-order valence-electron chi connectivity index (χ1n) is 4.90. The molecule has 5 heteroatoms. The van der Waals surface area contributed by atoms with E-state index < -0.39 is 0 Å². The van der Waals surface area contributed by atoms with Gasteiger partial charge < -0.3 is 10.0 Å². The lowest BCUT2D eigenvalue weighted by Gasteiger charge is -2.31. The number of aliphatic hydroxyl groups is 1. The molecule has 0 saturated heterocycles. The summed E-state index contributed by atoms with van der Waals surface area (Å²) < 4.78 is 1.78. The van der Waals surface area contributed by atoms with E-state index in [9.17, 15) is 5.11 Å². The number of aromatic nitrogens is 3. The predicted octanol–water partition coefficient (Wildman–Crippen LogP) is 0.0355. The van der Waals surface area contributed by atoms with Crippen LogP contribution in [0.1, 0.15) is 24.6 Å². The van der Waals surface area contributed by atoms with Gasteiger partial charge in [-0.2, -0.15) is 0 Å². The summed E-state index contributed by atoms with van der Waals surface area (Å²) in [5, 5.41) is 17.5. The van der Waals surface area contributed by atoms with Gasteiger partial charge in [0.2, 0.25) is 0 Å². The van der Waals surface area contributed by atoms with Crippen LogP contribution in [0.4, 0.5) is 0 Å². The molecule has 0 aliphatic heterocycles. The van der Waals surface area contributed by atoms with Crippen molar-refractivity contribution in [3.63, 3.8) is 0 Å². The summed E-state index contributed by atoms with van der Waals surface area (Å²) >= 11 is 0. The Kier molecular flexibility index (Phi) is 2.52. The van der Waals surface area contributed by atoms with E-state index in [0.717, 1.165) is 25.1 Å². The van der Waals surface area contributed by atoms with E-state index in [1.807, 2.05) is 25.2 Å². The van der Waals surface area contributed by atoms with Gasteiger partial charge in [-0.1, -0.05) is 5.21 Å². The summed E-state index contributed by atoms with van der Waals surface area (Å²) in [6.07, 6.45) is 3.58. The minimum Gasteiger partial charge on any atom is -0.391 e. The maximum absolute atomic E-state index is 9.45. The zero-order valence-corrected chi connectivity index (χ0v) is 8.59. The Morgan fingerprint density at radius 3 is 2.86 bits per heavy atom. The third-order valence-electron chi connectivity index (χ3n) is 2.58. The molecule has 78 valence electrons. The largest absolute Gasteiger partial charge is 0.391 e. The van der Waals surface area contributed by atoms with Crippen LogP contribution >= 0.6 is 0 Å². The highest BCUT2D eigenvalue weighted by molar-refractivity contribution is 4.96. The summed E-state index contributed by atoms with van der Waals surface area (Å²) in [4.78, 5) is 2.05. The minimum atomic E-state index is -0.232. The van der Waals surface area contributed by atoms with Gasteiger partial charge in [0, 0.05) is 6.54 Å². The molecule has 5 nitrogen and oxygen atoms in total. The molecule has 0 bridgehead atoms. The summed E-state index contributed by atoms with van der Waals surface area (Å²) in [7, 11) is 3.99. The van der Waals surface area contributed by atoms with Crippen molar-refractivity contribution in [1.29, 1.82) is 0 Å². The van der Waals surface area contributed by atoms with Crippen molar-refractivity contribution in [3.05, 3.63) is 11.9 Å². The molecule has 0 spiro atoms. The summed E-state index contributed by atoms with van der Waals surface area (Å²) in [6.45, 7) is 0.794. The van der Waals surface area contributed by atoms with Crippen molar-refractivity contribution in [3.8, 4) is 0 Å². The van der Waals surface area contributed by atoms with Crippen LogP contribution in [-0.2, 0) is 6.54 Å². The zero-order valence-electron chi connectivity index (χ0n) is 8.59. The van der Waals surface area contributed by atoms with Crippen molar-refractivity contribution in [2.45, 2.75) is 31.5 Å². The number of nitrogens with zero attached hydrogens (tertiary/aromatic N) is 4. The predicted molar refractivity (Wildman–Crippen MR) is 51.7 cm³/mol. The molecule has 1 saturated carbocycles. The fourth-order valence-electron chi connectivity index (χ4n) is 1.65. The van der Waals surface area contributed by atoms with Crippen molar-refractivity contribution >= 4 is 0 Å². The Balaban J connectivity index is 2.02. The number of aliphatic hydroxyl groups excluding tert-OH is 1. The first kappa shape index (κ1) is 9.61. The molecule has 0 aromatic carbocycles. The lowest BCUT2D eigenvalue weighted by Crippen LogP contribution is -2.34. The second-order valence-corrected chi connectivity index (χ2v) is 4.14. The fourth-order valence-corrected chi connectivity index (χ4v) is 1.65. The molecule has 1 heterocycles. The van der Waals surface area contributed by atoms with Gasteiger partial charge in [0.05, 0.1) is 24.0 Å². The van der Waals surface area contributed by atoms with Crippen LogP contribution in [0, 0.1) is 0 Å². The molecule has 0 radical (unpaired) electrons. The molecule has 1 fully saturated rings. The number of rotatable bonds is 3. The lowest BCUT2D eigenvalue weighted by atomic mass is 9.89. The maximum Gasteiger partial charge on any atom is 0.0967 e. The number of hydrogen-bond acceptors (Lipinski definition) is 4. The quantitative estimate of drug-likeness (QED) is 0.741. The summed E-state index contributed by atoms with van der Waals surface area (Å²) in [6, 6.07) is 0.151. The smallest absolute Gasteiger partial charge is 0.0967 e. The molecule has 1 aromatic rings. The Bertz CT molecular complexity index is 310. The van der Waals surface area contributed by atoms with Crippen LogP contribution < -0.4 is 0 Å². The highest BCUT2D eigenvalue weighted by Crippen LogP contribution is 2.31. The Hall–Kier alpha value is -0.940. The third-order valence-corrected chi connectivity index (χ3v) is 2.58. The van der Waals surface area contributed by atoms with Gasteiger partial charge >= 0.3 is 0 Å². The van der Waals surface area contributed by atoms with E-state index in [0.29, 0.717) is 0 Å². The topological polar surface area (TPSA) is 54.2 Å². The highest BCUT2D eigenvalue weighted by Gasteiger charge is 2.31. The Morgan fingerprint density at radius 2 is 2.36 bits per heavy atom. The van der Waals surface area contributed by atoms with Gasteiger partial charge in [-0.25, -0.2) is 4.68 Å². The average Bonchev–Trinajstić information content (AvgIpc) is 2.49. The third kappa shape index (κ3) is 1.78. The van der Waals surface area contributed by atoms with Gasteiger partial charge in [0.15, 0.2) is 0 Å². The van der Waals surface area contributed by atoms with Crippen LogP contribution in [0.15, 0.2) is 6.20 Å². The Morgan fingerprint density at radius 1 is 1.57 bits per heavy atom. The summed E-state index contributed by atoms with van der Waals surface area (Å²) in [5.41, 5.74) is 0.953. The van der Waals surface area contributed by atoms with E-state index >= 15 is 0 Å². The molecule has 2 rings (SSSR count). The van der Waals surface area contributed by atoms with Gasteiger partial charge in [-0.15, -0.1) is 5.10 Å². The van der Waals surface area contributed by atoms with E-state index in [2.05, 4.69) is 10.3 Å². The SMILES string of the molecule is CN(C)Cc1cn(C2CCC2O)nn1. The van der Waals surface area contributed by atoms with Crippen LogP contribution in [0.2, 0.25) is 0 Å².